The third kappa shape index (κ3) is 2.40. The van der Waals surface area contributed by atoms with E-state index in [2.05, 4.69) is 5.32 Å². The molecule has 1 N–H and O–H groups in total. The maximum absolute atomic E-state index is 14.1. The third-order valence-electron chi connectivity index (χ3n) is 3.62. The fraction of sp³-hybridized carbons (Fsp3) is 0.467. The number of aryl methyl sites for hydroxylation is 1. The van der Waals surface area contributed by atoms with Crippen molar-refractivity contribution in [1.82, 2.24) is 5.32 Å². The highest BCUT2D eigenvalue weighted by Crippen LogP contribution is 2.27. The van der Waals surface area contributed by atoms with Crippen LogP contribution < -0.4 is 10.2 Å². The van der Waals surface area contributed by atoms with E-state index in [0.29, 0.717) is 12.8 Å². The molecule has 20 heavy (non-hydrogen) atoms. The minimum Gasteiger partial charge on any atom is -0.342 e. The first kappa shape index (κ1) is 14.5. The van der Waals surface area contributed by atoms with Crippen molar-refractivity contribution in [2.45, 2.75) is 45.7 Å². The van der Waals surface area contributed by atoms with Crippen LogP contribution in [0.3, 0.4) is 0 Å². The van der Waals surface area contributed by atoms with Crippen molar-refractivity contribution in [1.29, 1.82) is 0 Å². The summed E-state index contributed by atoms with van der Waals surface area (Å²) in [6.07, 6.45) is 0.937. The molecule has 1 aliphatic heterocycles. The molecule has 4 nitrogen and oxygen atoms in total. The summed E-state index contributed by atoms with van der Waals surface area (Å²) in [5, 5.41) is 2.70. The van der Waals surface area contributed by atoms with Gasteiger partial charge in [0.05, 0.1) is 5.69 Å². The molecular formula is C15H19FN2O2. The standard InChI is InChI=1S/C15H19FN2O2/c1-4-11-15(20)18(12(5-2)14(19)17-11)13-8-9(3)6-7-10(13)16/h6-8,11-12H,4-5H2,1-3H3,(H,17,19). The monoisotopic (exact) mass is 278 g/mol. The molecule has 5 heteroatoms. The summed E-state index contributed by atoms with van der Waals surface area (Å²) in [7, 11) is 0. The molecule has 0 aromatic heterocycles. The summed E-state index contributed by atoms with van der Waals surface area (Å²) in [6.45, 7) is 5.46. The molecule has 1 saturated heterocycles. The molecule has 1 aromatic carbocycles. The number of nitrogens with zero attached hydrogens (tertiary/aromatic N) is 1. The van der Waals surface area contributed by atoms with Gasteiger partial charge in [-0.15, -0.1) is 0 Å². The molecule has 0 aliphatic carbocycles. The van der Waals surface area contributed by atoms with Crippen LogP contribution in [-0.4, -0.2) is 23.9 Å². The van der Waals surface area contributed by atoms with Crippen molar-refractivity contribution in [2.24, 2.45) is 0 Å². The lowest BCUT2D eigenvalue weighted by Crippen LogP contribution is -2.63. The Kier molecular flexibility index (Phi) is 4.06. The van der Waals surface area contributed by atoms with E-state index < -0.39 is 17.9 Å². The number of benzene rings is 1. The molecule has 0 saturated carbocycles. The van der Waals surface area contributed by atoms with Crippen LogP contribution in [0.1, 0.15) is 32.3 Å². The highest BCUT2D eigenvalue weighted by Gasteiger charge is 2.40. The fourth-order valence-corrected chi connectivity index (χ4v) is 2.51. The summed E-state index contributed by atoms with van der Waals surface area (Å²) in [4.78, 5) is 25.9. The topological polar surface area (TPSA) is 49.4 Å². The minimum absolute atomic E-state index is 0.190. The van der Waals surface area contributed by atoms with Gasteiger partial charge in [-0.3, -0.25) is 14.5 Å². The van der Waals surface area contributed by atoms with Crippen LogP contribution in [0.15, 0.2) is 18.2 Å². The lowest BCUT2D eigenvalue weighted by Gasteiger charge is -2.38. The van der Waals surface area contributed by atoms with E-state index in [1.807, 2.05) is 20.8 Å². The zero-order valence-electron chi connectivity index (χ0n) is 11.9. The van der Waals surface area contributed by atoms with Crippen molar-refractivity contribution < 1.29 is 14.0 Å². The maximum Gasteiger partial charge on any atom is 0.250 e. The predicted molar refractivity (Wildman–Crippen MR) is 74.9 cm³/mol. The van der Waals surface area contributed by atoms with Crippen LogP contribution in [0.5, 0.6) is 0 Å². The number of nitrogens with one attached hydrogen (secondary N) is 1. The number of carbonyl (C=O) groups excluding carboxylic acids is 2. The van der Waals surface area contributed by atoms with Gasteiger partial charge in [0.2, 0.25) is 11.8 Å². The lowest BCUT2D eigenvalue weighted by atomic mass is 10.0. The molecule has 1 heterocycles. The Hall–Kier alpha value is -1.91. The molecule has 1 fully saturated rings. The number of hydrogen-bond donors (Lipinski definition) is 1. The zero-order chi connectivity index (χ0) is 14.9. The number of carbonyl (C=O) groups is 2. The number of amides is 2. The Morgan fingerprint density at radius 2 is 1.95 bits per heavy atom. The molecule has 2 unspecified atom stereocenters. The Balaban J connectivity index is 2.50. The van der Waals surface area contributed by atoms with E-state index in [1.54, 1.807) is 12.1 Å². The molecular weight excluding hydrogens is 259 g/mol. The number of hydrogen-bond acceptors (Lipinski definition) is 2. The number of piperazine rings is 1. The largest absolute Gasteiger partial charge is 0.342 e. The van der Waals surface area contributed by atoms with Crippen molar-refractivity contribution in [3.8, 4) is 0 Å². The van der Waals surface area contributed by atoms with Gasteiger partial charge in [-0.1, -0.05) is 19.9 Å². The SMILES string of the molecule is CCC1NC(=O)C(CC)N(c2cc(C)ccc2F)C1=O. The summed E-state index contributed by atoms with van der Waals surface area (Å²) >= 11 is 0. The molecule has 2 atom stereocenters. The van der Waals surface area contributed by atoms with Gasteiger partial charge >= 0.3 is 0 Å². The molecule has 0 bridgehead atoms. The first-order chi connectivity index (χ1) is 9.49. The Morgan fingerprint density at radius 1 is 1.25 bits per heavy atom. The van der Waals surface area contributed by atoms with Gasteiger partial charge in [-0.05, 0) is 37.5 Å². The van der Waals surface area contributed by atoms with E-state index in [1.165, 1.54) is 11.0 Å². The van der Waals surface area contributed by atoms with Crippen molar-refractivity contribution in [3.05, 3.63) is 29.6 Å². The number of halogens is 1. The summed E-state index contributed by atoms with van der Waals surface area (Å²) in [6, 6.07) is 3.36. The summed E-state index contributed by atoms with van der Waals surface area (Å²) in [5.74, 6) is -0.949. The van der Waals surface area contributed by atoms with Crippen LogP contribution in [-0.2, 0) is 9.59 Å². The average molecular weight is 278 g/mol. The normalized spacial score (nSPS) is 22.9. The van der Waals surface area contributed by atoms with Crippen molar-refractivity contribution in [2.75, 3.05) is 4.90 Å². The van der Waals surface area contributed by atoms with Gasteiger partial charge in [0, 0.05) is 0 Å². The Bertz CT molecular complexity index is 545. The van der Waals surface area contributed by atoms with E-state index in [0.717, 1.165) is 5.56 Å². The second-order valence-corrected chi connectivity index (χ2v) is 5.06. The van der Waals surface area contributed by atoms with Crippen molar-refractivity contribution >= 4 is 17.5 Å². The van der Waals surface area contributed by atoms with Crippen LogP contribution in [0.2, 0.25) is 0 Å². The maximum atomic E-state index is 14.1. The lowest BCUT2D eigenvalue weighted by molar-refractivity contribution is -0.134. The fourth-order valence-electron chi connectivity index (χ4n) is 2.51. The first-order valence-corrected chi connectivity index (χ1v) is 6.89. The second kappa shape index (κ2) is 5.61. The highest BCUT2D eigenvalue weighted by molar-refractivity contribution is 6.08. The Labute approximate surface area is 118 Å². The van der Waals surface area contributed by atoms with Gasteiger partial charge in [0.15, 0.2) is 0 Å². The van der Waals surface area contributed by atoms with E-state index in [-0.39, 0.29) is 17.5 Å². The molecule has 1 aliphatic rings. The first-order valence-electron chi connectivity index (χ1n) is 6.89. The molecule has 2 rings (SSSR count). The van der Waals surface area contributed by atoms with Crippen LogP contribution in [0.25, 0.3) is 0 Å². The molecule has 108 valence electrons. The summed E-state index contributed by atoms with van der Waals surface area (Å²) in [5.41, 5.74) is 1.04. The van der Waals surface area contributed by atoms with Crippen LogP contribution >= 0.6 is 0 Å². The summed E-state index contributed by atoms with van der Waals surface area (Å²) < 4.78 is 14.1. The van der Waals surface area contributed by atoms with Gasteiger partial charge < -0.3 is 5.32 Å². The molecule has 0 spiro atoms. The number of rotatable bonds is 3. The molecule has 1 aromatic rings. The van der Waals surface area contributed by atoms with Gasteiger partial charge in [0.25, 0.3) is 0 Å². The van der Waals surface area contributed by atoms with E-state index in [4.69, 9.17) is 0 Å². The molecule has 2 amide bonds. The third-order valence-corrected chi connectivity index (χ3v) is 3.62. The molecule has 0 radical (unpaired) electrons. The van der Waals surface area contributed by atoms with Gasteiger partial charge in [0.1, 0.15) is 17.9 Å². The predicted octanol–water partition coefficient (Wildman–Crippen LogP) is 2.15. The van der Waals surface area contributed by atoms with Crippen molar-refractivity contribution in [3.63, 3.8) is 0 Å². The van der Waals surface area contributed by atoms with E-state index >= 15 is 0 Å². The van der Waals surface area contributed by atoms with Gasteiger partial charge in [-0.25, -0.2) is 4.39 Å². The van der Waals surface area contributed by atoms with Gasteiger partial charge in [-0.2, -0.15) is 0 Å². The number of anilines is 1. The smallest absolute Gasteiger partial charge is 0.250 e. The zero-order valence-corrected chi connectivity index (χ0v) is 11.9. The Morgan fingerprint density at radius 3 is 2.55 bits per heavy atom. The second-order valence-electron chi connectivity index (χ2n) is 5.06. The minimum atomic E-state index is -0.651. The quantitative estimate of drug-likeness (QED) is 0.921. The van der Waals surface area contributed by atoms with E-state index in [9.17, 15) is 14.0 Å². The highest BCUT2D eigenvalue weighted by atomic mass is 19.1. The van der Waals surface area contributed by atoms with Crippen LogP contribution in [0, 0.1) is 12.7 Å². The van der Waals surface area contributed by atoms with Crippen LogP contribution in [0.4, 0.5) is 10.1 Å². The average Bonchev–Trinajstić information content (AvgIpc) is 2.43.